The van der Waals surface area contributed by atoms with Crippen LogP contribution in [0.2, 0.25) is 0 Å². The van der Waals surface area contributed by atoms with Crippen molar-refractivity contribution in [3.63, 3.8) is 0 Å². The predicted molar refractivity (Wildman–Crippen MR) is 103 cm³/mol. The highest BCUT2D eigenvalue weighted by Crippen LogP contribution is 2.39. The summed E-state index contributed by atoms with van der Waals surface area (Å²) in [6.45, 7) is -1.19. The number of hydrogen-bond acceptors (Lipinski definition) is 13. The van der Waals surface area contributed by atoms with Crippen LogP contribution in [0.5, 0.6) is 17.2 Å². The molecule has 2 rings (SSSR count). The van der Waals surface area contributed by atoms with Gasteiger partial charge in [0, 0.05) is 21.3 Å². The van der Waals surface area contributed by atoms with E-state index in [9.17, 15) is 25.2 Å². The summed E-state index contributed by atoms with van der Waals surface area (Å²) in [6.07, 6.45) is -7.95. The Morgan fingerprint density at radius 1 is 0.875 bits per heavy atom. The molecule has 0 spiro atoms. The van der Waals surface area contributed by atoms with Gasteiger partial charge in [-0.15, -0.1) is 0 Å². The van der Waals surface area contributed by atoms with Crippen LogP contribution >= 0.6 is 0 Å². The van der Waals surface area contributed by atoms with Gasteiger partial charge in [0.1, 0.15) is 24.4 Å². The number of hydrogen-bond donors (Lipinski definition) is 4. The van der Waals surface area contributed by atoms with Gasteiger partial charge >= 0.3 is 5.97 Å². The van der Waals surface area contributed by atoms with E-state index in [1.807, 2.05) is 0 Å². The van der Waals surface area contributed by atoms with E-state index in [2.05, 4.69) is 0 Å². The number of rotatable bonds is 12. The minimum absolute atomic E-state index is 0.0539. The fourth-order valence-electron chi connectivity index (χ4n) is 2.75. The fraction of sp³-hybridized carbons (Fsp3) is 0.632. The molecule has 1 fully saturated rings. The molecule has 1 heterocycles. The minimum Gasteiger partial charge on any atom is -0.463 e. The van der Waals surface area contributed by atoms with E-state index in [0.717, 1.165) is 0 Å². The van der Waals surface area contributed by atoms with Crippen LogP contribution < -0.4 is 14.2 Å². The highest BCUT2D eigenvalue weighted by atomic mass is 16.7. The van der Waals surface area contributed by atoms with Crippen LogP contribution in [0.4, 0.5) is 0 Å². The summed E-state index contributed by atoms with van der Waals surface area (Å²) in [5.41, 5.74) is -0.0936. The molecule has 5 atom stereocenters. The zero-order chi connectivity index (χ0) is 23.7. The molecule has 32 heavy (non-hydrogen) atoms. The molecular weight excluding hydrogens is 436 g/mol. The van der Waals surface area contributed by atoms with Crippen LogP contribution in [0.1, 0.15) is 10.4 Å². The summed E-state index contributed by atoms with van der Waals surface area (Å²) >= 11 is 0. The quantitative estimate of drug-likeness (QED) is 0.210. The normalized spacial score (nSPS) is 25.3. The molecule has 1 aromatic rings. The third kappa shape index (κ3) is 6.40. The Kier molecular flexibility index (Phi) is 10.3. The lowest BCUT2D eigenvalue weighted by Gasteiger charge is -2.39. The first-order valence-corrected chi connectivity index (χ1v) is 9.42. The van der Waals surface area contributed by atoms with E-state index in [4.69, 9.17) is 37.9 Å². The summed E-state index contributed by atoms with van der Waals surface area (Å²) in [5, 5.41) is 39.1. The lowest BCUT2D eigenvalue weighted by atomic mass is 9.99. The standard InChI is InChI=1S/C19H28O13/c1-25-7-28-11-4-10(5-12(29-8-26-2)17(11)30-9-27-3)18(24)32-19-16(23)15(22)14(21)13(6-20)31-19/h4-5,13-16,19-23H,6-9H2,1-3H3/t13-,14-,15+,16-,19+/m1/s1. The number of methoxy groups -OCH3 is 3. The Balaban J connectivity index is 2.32. The van der Waals surface area contributed by atoms with Crippen molar-refractivity contribution in [3.05, 3.63) is 17.7 Å². The third-order valence-corrected chi connectivity index (χ3v) is 4.31. The first-order chi connectivity index (χ1) is 15.4. The molecule has 0 bridgehead atoms. The summed E-state index contributed by atoms with van der Waals surface area (Å²) < 4.78 is 41.4. The Hall–Kier alpha value is -2.23. The molecule has 0 unspecified atom stereocenters. The molecule has 1 aliphatic heterocycles. The Morgan fingerprint density at radius 3 is 1.91 bits per heavy atom. The van der Waals surface area contributed by atoms with E-state index >= 15 is 0 Å². The second-order valence-corrected chi connectivity index (χ2v) is 6.56. The van der Waals surface area contributed by atoms with Gasteiger partial charge in [0.15, 0.2) is 31.9 Å². The third-order valence-electron chi connectivity index (χ3n) is 4.31. The predicted octanol–water partition coefficient (Wildman–Crippen LogP) is -1.41. The molecule has 0 amide bonds. The lowest BCUT2D eigenvalue weighted by molar-refractivity contribution is -0.285. The molecule has 1 saturated heterocycles. The van der Waals surface area contributed by atoms with E-state index in [-0.39, 0.29) is 43.2 Å². The fourth-order valence-corrected chi connectivity index (χ4v) is 2.75. The van der Waals surface area contributed by atoms with Gasteiger partial charge in [0.25, 0.3) is 0 Å². The number of aliphatic hydroxyl groups is 4. The number of ether oxygens (including phenoxy) is 8. The van der Waals surface area contributed by atoms with Gasteiger partial charge in [-0.05, 0) is 12.1 Å². The van der Waals surface area contributed by atoms with E-state index in [0.29, 0.717) is 0 Å². The average molecular weight is 464 g/mol. The van der Waals surface area contributed by atoms with Crippen molar-refractivity contribution in [1.82, 2.24) is 0 Å². The maximum Gasteiger partial charge on any atom is 0.340 e. The molecule has 0 aromatic heterocycles. The molecule has 13 heteroatoms. The number of aliphatic hydroxyl groups excluding tert-OH is 4. The van der Waals surface area contributed by atoms with Gasteiger partial charge in [-0.25, -0.2) is 4.79 Å². The Morgan fingerprint density at radius 2 is 1.41 bits per heavy atom. The second-order valence-electron chi connectivity index (χ2n) is 6.56. The molecule has 0 saturated carbocycles. The monoisotopic (exact) mass is 464 g/mol. The van der Waals surface area contributed by atoms with Gasteiger partial charge in [0.05, 0.1) is 12.2 Å². The molecule has 4 N–H and O–H groups in total. The SMILES string of the molecule is COCOc1cc(C(=O)O[C@@H]2O[C@H](CO)[C@@H](O)[C@H](O)[C@H]2O)cc(OCOC)c1OCOC. The van der Waals surface area contributed by atoms with Crippen LogP contribution in [0, 0.1) is 0 Å². The van der Waals surface area contributed by atoms with Gasteiger partial charge in [-0.1, -0.05) is 0 Å². The highest BCUT2D eigenvalue weighted by Gasteiger charge is 2.45. The maximum absolute atomic E-state index is 12.8. The van der Waals surface area contributed by atoms with Crippen LogP contribution in [0.25, 0.3) is 0 Å². The summed E-state index contributed by atoms with van der Waals surface area (Å²) in [4.78, 5) is 12.8. The van der Waals surface area contributed by atoms with Crippen LogP contribution in [-0.2, 0) is 23.7 Å². The lowest BCUT2D eigenvalue weighted by Crippen LogP contribution is -2.59. The van der Waals surface area contributed by atoms with Gasteiger partial charge in [-0.2, -0.15) is 0 Å². The van der Waals surface area contributed by atoms with Crippen molar-refractivity contribution in [2.45, 2.75) is 30.7 Å². The molecule has 0 aliphatic carbocycles. The average Bonchev–Trinajstić information content (AvgIpc) is 2.80. The van der Waals surface area contributed by atoms with Crippen molar-refractivity contribution in [2.24, 2.45) is 0 Å². The van der Waals surface area contributed by atoms with Crippen LogP contribution in [-0.4, -0.2) is 105 Å². The van der Waals surface area contributed by atoms with Crippen molar-refractivity contribution < 1.29 is 63.1 Å². The van der Waals surface area contributed by atoms with E-state index in [1.165, 1.54) is 33.5 Å². The van der Waals surface area contributed by atoms with Crippen molar-refractivity contribution in [1.29, 1.82) is 0 Å². The molecule has 13 nitrogen and oxygen atoms in total. The van der Waals surface area contributed by atoms with Crippen molar-refractivity contribution in [2.75, 3.05) is 48.3 Å². The van der Waals surface area contributed by atoms with Crippen LogP contribution in [0.15, 0.2) is 12.1 Å². The molecular formula is C19H28O13. The molecule has 1 aliphatic rings. The summed E-state index contributed by atoms with van der Waals surface area (Å²) in [6, 6.07) is 2.55. The van der Waals surface area contributed by atoms with E-state index in [1.54, 1.807) is 0 Å². The highest BCUT2D eigenvalue weighted by molar-refractivity contribution is 5.91. The van der Waals surface area contributed by atoms with Gasteiger partial charge in [0.2, 0.25) is 12.0 Å². The smallest absolute Gasteiger partial charge is 0.340 e. The zero-order valence-electron chi connectivity index (χ0n) is 17.8. The Bertz CT molecular complexity index is 696. The van der Waals surface area contributed by atoms with Gasteiger partial charge < -0.3 is 58.3 Å². The summed E-state index contributed by atoms with van der Waals surface area (Å²) in [7, 11) is 4.21. The first-order valence-electron chi connectivity index (χ1n) is 9.42. The molecule has 182 valence electrons. The first kappa shape index (κ1) is 26.0. The molecule has 1 aromatic carbocycles. The Labute approximate surface area is 183 Å². The van der Waals surface area contributed by atoms with Crippen molar-refractivity contribution in [3.8, 4) is 17.2 Å². The topological polar surface area (TPSA) is 172 Å². The maximum atomic E-state index is 12.8. The van der Waals surface area contributed by atoms with Gasteiger partial charge in [-0.3, -0.25) is 0 Å². The van der Waals surface area contributed by atoms with Crippen molar-refractivity contribution >= 4 is 5.97 Å². The number of carbonyl (C=O) groups excluding carboxylic acids is 1. The number of carbonyl (C=O) groups is 1. The molecule has 0 radical (unpaired) electrons. The number of esters is 1. The second kappa shape index (κ2) is 12.7. The largest absolute Gasteiger partial charge is 0.463 e. The van der Waals surface area contributed by atoms with E-state index < -0.39 is 43.3 Å². The minimum atomic E-state index is -1.76. The summed E-state index contributed by atoms with van der Waals surface area (Å²) in [5.74, 6) is -0.779. The zero-order valence-corrected chi connectivity index (χ0v) is 17.8. The number of benzene rings is 1. The van der Waals surface area contributed by atoms with Crippen LogP contribution in [0.3, 0.4) is 0 Å².